The minimum atomic E-state index is -1.22. The van der Waals surface area contributed by atoms with Gasteiger partial charge in [-0.05, 0) is 41.0 Å². The third kappa shape index (κ3) is 4.43. The highest BCUT2D eigenvalue weighted by molar-refractivity contribution is 6.07. The van der Waals surface area contributed by atoms with Crippen molar-refractivity contribution in [3.8, 4) is 39.8 Å². The second-order valence-electron chi connectivity index (χ2n) is 16.3. The summed E-state index contributed by atoms with van der Waals surface area (Å²) in [7, 11) is 0. The van der Waals surface area contributed by atoms with Gasteiger partial charge in [0.1, 0.15) is 23.3 Å². The summed E-state index contributed by atoms with van der Waals surface area (Å²) < 4.78 is 20.5. The zero-order chi connectivity index (χ0) is 36.6. The number of amides is 1. The molecule has 4 N–H and O–H groups in total. The number of ether oxygens (including phenoxy) is 1. The number of Topliss-reactive ketones (excluding diaryl/α,β-unsaturated/α-hetero) is 1. The molecule has 0 radical (unpaired) electrons. The molecule has 53 heavy (non-hydrogen) atoms. The maximum Gasteiger partial charge on any atom is 0.249 e. The highest BCUT2D eigenvalue weighted by Crippen LogP contribution is 2.61. The molecule has 11 nitrogen and oxygen atoms in total. The van der Waals surface area contributed by atoms with Crippen LogP contribution in [0.2, 0.25) is 0 Å². The van der Waals surface area contributed by atoms with Crippen LogP contribution in [0.25, 0.3) is 44.9 Å². The summed E-state index contributed by atoms with van der Waals surface area (Å²) in [6, 6.07) is 17.8. The molecule has 11 heteroatoms. The number of ketones is 1. The van der Waals surface area contributed by atoms with Crippen molar-refractivity contribution >= 4 is 28.3 Å². The van der Waals surface area contributed by atoms with Gasteiger partial charge in [-0.3, -0.25) is 9.59 Å². The number of nitrogens with zero attached hydrogens (tertiary/aromatic N) is 2. The number of carbonyl (C=O) groups is 2. The second kappa shape index (κ2) is 10.9. The lowest BCUT2D eigenvalue weighted by Gasteiger charge is -2.29. The molecule has 0 saturated carbocycles. The topological polar surface area (TPSA) is 156 Å². The Balaban J connectivity index is 1.26. The lowest BCUT2D eigenvalue weighted by atomic mass is 9.72. The lowest BCUT2D eigenvalue weighted by Crippen LogP contribution is -2.41. The molecule has 0 fully saturated rings. The summed E-state index contributed by atoms with van der Waals surface area (Å²) >= 11 is 0. The Morgan fingerprint density at radius 3 is 2.64 bits per heavy atom. The number of oxazole rings is 2. The van der Waals surface area contributed by atoms with Crippen LogP contribution in [0, 0.1) is 17.3 Å². The predicted molar refractivity (Wildman–Crippen MR) is 197 cm³/mol. The first-order valence-corrected chi connectivity index (χ1v) is 18.2. The van der Waals surface area contributed by atoms with Crippen LogP contribution in [0.3, 0.4) is 0 Å². The van der Waals surface area contributed by atoms with Crippen LogP contribution in [0.4, 0.5) is 5.69 Å². The second-order valence-corrected chi connectivity index (χ2v) is 16.3. The summed E-state index contributed by atoms with van der Waals surface area (Å²) in [4.78, 5) is 41.2. The van der Waals surface area contributed by atoms with E-state index in [1.54, 1.807) is 6.20 Å². The van der Waals surface area contributed by atoms with Crippen molar-refractivity contribution in [1.29, 1.82) is 0 Å². The molecule has 10 rings (SSSR count). The highest BCUT2D eigenvalue weighted by Gasteiger charge is 2.61. The van der Waals surface area contributed by atoms with Gasteiger partial charge in [-0.25, -0.2) is 9.97 Å². The number of fused-ring (bicyclic) bond motifs is 7. The van der Waals surface area contributed by atoms with Gasteiger partial charge in [0, 0.05) is 57.4 Å². The van der Waals surface area contributed by atoms with E-state index >= 15 is 0 Å². The van der Waals surface area contributed by atoms with Crippen LogP contribution < -0.4 is 15.4 Å². The minimum Gasteiger partial charge on any atom is -0.469 e. The van der Waals surface area contributed by atoms with Crippen molar-refractivity contribution in [3.63, 3.8) is 0 Å². The van der Waals surface area contributed by atoms with Crippen LogP contribution >= 0.6 is 0 Å². The summed E-state index contributed by atoms with van der Waals surface area (Å²) in [5.41, 5.74) is 6.10. The number of rotatable bonds is 4. The molecule has 0 aliphatic carbocycles. The Morgan fingerprint density at radius 2 is 1.83 bits per heavy atom. The largest absolute Gasteiger partial charge is 0.469 e. The van der Waals surface area contributed by atoms with E-state index in [0.717, 1.165) is 50.0 Å². The first kappa shape index (κ1) is 32.0. The first-order chi connectivity index (χ1) is 25.4. The number of aromatic amines is 1. The third-order valence-corrected chi connectivity index (χ3v) is 11.5. The van der Waals surface area contributed by atoms with E-state index in [0.29, 0.717) is 28.9 Å². The van der Waals surface area contributed by atoms with Crippen molar-refractivity contribution in [1.82, 2.24) is 20.3 Å². The normalized spacial score (nSPS) is 22.7. The van der Waals surface area contributed by atoms with Gasteiger partial charge in [-0.2, -0.15) is 0 Å². The Bertz CT molecular complexity index is 2520. The van der Waals surface area contributed by atoms with E-state index in [-0.39, 0.29) is 36.3 Å². The molecule has 6 aromatic rings. The number of aliphatic hydroxyl groups is 1. The number of aliphatic hydroxyl groups excluding tert-OH is 1. The zero-order valence-corrected chi connectivity index (χ0v) is 30.0. The number of carbonyl (C=O) groups excluding carboxylic acids is 2. The maximum absolute atomic E-state index is 14.3. The predicted octanol–water partition coefficient (Wildman–Crippen LogP) is 7.29. The summed E-state index contributed by atoms with van der Waals surface area (Å²) in [5, 5.41) is 18.9. The molecule has 1 spiro atoms. The van der Waals surface area contributed by atoms with Crippen molar-refractivity contribution < 1.29 is 28.3 Å². The Morgan fingerprint density at radius 1 is 1.02 bits per heavy atom. The summed E-state index contributed by atoms with van der Waals surface area (Å²) in [5.74, 6) is 0.709. The number of aromatic nitrogens is 3. The number of H-pyrrole nitrogens is 1. The van der Waals surface area contributed by atoms with Crippen molar-refractivity contribution in [3.05, 3.63) is 95.3 Å². The Labute approximate surface area is 305 Å². The van der Waals surface area contributed by atoms with E-state index in [4.69, 9.17) is 23.5 Å². The first-order valence-electron chi connectivity index (χ1n) is 18.2. The van der Waals surface area contributed by atoms with Gasteiger partial charge in [0.2, 0.25) is 17.7 Å². The molecule has 1 amide bonds. The molecular weight excluding hydrogens is 670 g/mol. The van der Waals surface area contributed by atoms with E-state index in [1.807, 2.05) is 65.1 Å². The van der Waals surface area contributed by atoms with Crippen LogP contribution in [0.5, 0.6) is 5.75 Å². The Hall–Kier alpha value is -5.68. The van der Waals surface area contributed by atoms with Gasteiger partial charge in [-0.1, -0.05) is 77.1 Å². The monoisotopic (exact) mass is 709 g/mol. The molecule has 10 bridgehead atoms. The third-order valence-electron chi connectivity index (χ3n) is 11.5. The molecule has 3 aromatic carbocycles. The fourth-order valence-electron chi connectivity index (χ4n) is 8.81. The average Bonchev–Trinajstić information content (AvgIpc) is 3.95. The van der Waals surface area contributed by atoms with Gasteiger partial charge in [0.25, 0.3) is 0 Å². The molecule has 5 atom stereocenters. The van der Waals surface area contributed by atoms with Gasteiger partial charge in [0.05, 0.1) is 6.20 Å². The standard InChI is InChI=1S/C42H39N5O6/c1-19(2)32-39-46-34-36(53-39)42-25-10-6-9-23(22-8-7-11-27-31(22)24(17-43-27)30-18-44-38(34)51-30)33(25)47-40(42)52-29-13-12-20(15-26(29)42)14-21(37(50)45-32)16-28(48)35(49)41(3,4)5/h6-13,15,17-19,21,32,35,40,43,47,49H,14,16H2,1-5H3,(H,45,50)/t21?,32-,35+,40?,42-/m0/s1. The van der Waals surface area contributed by atoms with Crippen LogP contribution in [0.15, 0.2) is 75.8 Å². The molecule has 268 valence electrons. The van der Waals surface area contributed by atoms with Crippen LogP contribution in [-0.2, 0) is 21.4 Å². The fraction of sp³-hybridized carbons (Fsp3) is 0.333. The van der Waals surface area contributed by atoms with Crippen molar-refractivity contribution in [2.45, 2.75) is 71.2 Å². The van der Waals surface area contributed by atoms with E-state index in [9.17, 15) is 14.7 Å². The minimum absolute atomic E-state index is 0.128. The Kier molecular flexibility index (Phi) is 6.60. The van der Waals surface area contributed by atoms with E-state index in [2.05, 4.69) is 45.9 Å². The fourth-order valence-corrected chi connectivity index (χ4v) is 8.81. The summed E-state index contributed by atoms with van der Waals surface area (Å²) in [6.45, 7) is 9.42. The summed E-state index contributed by atoms with van der Waals surface area (Å²) in [6.07, 6.45) is 1.96. The van der Waals surface area contributed by atoms with E-state index < -0.39 is 35.1 Å². The SMILES string of the molecule is CC(C)[C@@H]1NC(=O)C(CC(=O)[C@@H](O)C(C)(C)C)Cc2ccc3c(c2)[C@]24c5cccc(c5NC2O3)-c2cccc3[nH]cc(c23)-c2cnc(o2)-c2nc1oc24. The molecule has 7 heterocycles. The molecule has 4 aliphatic heterocycles. The lowest BCUT2D eigenvalue weighted by molar-refractivity contribution is -0.137. The number of hydrogen-bond acceptors (Lipinski definition) is 9. The van der Waals surface area contributed by atoms with Gasteiger partial charge in [-0.15, -0.1) is 0 Å². The van der Waals surface area contributed by atoms with E-state index in [1.165, 1.54) is 0 Å². The van der Waals surface area contributed by atoms with Crippen LogP contribution in [-0.4, -0.2) is 44.1 Å². The number of anilines is 1. The molecule has 3 aromatic heterocycles. The van der Waals surface area contributed by atoms with Crippen molar-refractivity contribution in [2.75, 3.05) is 5.32 Å². The van der Waals surface area contributed by atoms with Gasteiger partial charge >= 0.3 is 0 Å². The number of benzene rings is 3. The average molecular weight is 710 g/mol. The van der Waals surface area contributed by atoms with Gasteiger partial charge < -0.3 is 34.3 Å². The molecule has 2 unspecified atom stereocenters. The number of para-hydroxylation sites is 1. The smallest absolute Gasteiger partial charge is 0.249 e. The van der Waals surface area contributed by atoms with Crippen molar-refractivity contribution in [2.24, 2.45) is 17.3 Å². The maximum atomic E-state index is 14.3. The molecule has 4 aliphatic rings. The highest BCUT2D eigenvalue weighted by atomic mass is 16.5. The number of hydrogen-bond donors (Lipinski definition) is 4. The molecule has 0 saturated heterocycles. The zero-order valence-electron chi connectivity index (χ0n) is 30.0. The quantitative estimate of drug-likeness (QED) is 0.148. The molecular formula is C42H39N5O6. The number of nitrogens with one attached hydrogen (secondary N) is 3. The van der Waals surface area contributed by atoms with Crippen LogP contribution in [0.1, 0.15) is 75.4 Å². The van der Waals surface area contributed by atoms with Gasteiger partial charge in [0.15, 0.2) is 29.2 Å².